The molecule has 1 aliphatic carbocycles. The lowest BCUT2D eigenvalue weighted by Crippen LogP contribution is -2.46. The van der Waals surface area contributed by atoms with Crippen molar-refractivity contribution in [1.29, 1.82) is 5.26 Å². The van der Waals surface area contributed by atoms with Gasteiger partial charge in [-0.3, -0.25) is 19.3 Å². The second-order valence-electron chi connectivity index (χ2n) is 7.48. The number of hydrogen-bond acceptors (Lipinski definition) is 6. The number of rotatable bonds is 5. The van der Waals surface area contributed by atoms with Crippen LogP contribution in [0, 0.1) is 23.2 Å². The van der Waals surface area contributed by atoms with Crippen LogP contribution in [0.25, 0.3) is 0 Å². The van der Waals surface area contributed by atoms with Gasteiger partial charge in [-0.1, -0.05) is 12.8 Å². The zero-order valence-electron chi connectivity index (χ0n) is 16.4. The Morgan fingerprint density at radius 1 is 1.10 bits per heavy atom. The van der Waals surface area contributed by atoms with Crippen LogP contribution in [0.1, 0.15) is 45.1 Å². The minimum atomic E-state index is -1.12. The van der Waals surface area contributed by atoms with E-state index in [9.17, 15) is 19.2 Å². The number of ether oxygens (including phenoxy) is 1. The van der Waals surface area contributed by atoms with Crippen LogP contribution in [0.15, 0.2) is 24.3 Å². The minimum absolute atomic E-state index is 0.321. The molecule has 1 aromatic carbocycles. The number of esters is 1. The molecule has 1 aliphatic heterocycles. The zero-order valence-corrected chi connectivity index (χ0v) is 16.4. The second-order valence-corrected chi connectivity index (χ2v) is 7.48. The van der Waals surface area contributed by atoms with E-state index in [4.69, 9.17) is 10.00 Å². The molecule has 29 heavy (non-hydrogen) atoms. The van der Waals surface area contributed by atoms with E-state index in [0.717, 1.165) is 17.7 Å². The molecule has 1 N–H and O–H groups in total. The second kappa shape index (κ2) is 8.43. The summed E-state index contributed by atoms with van der Waals surface area (Å²) in [5.41, 5.74) is 0.913. The Morgan fingerprint density at radius 2 is 1.66 bits per heavy atom. The molecule has 4 atom stereocenters. The standard InChI is InChI=1S/C21H23N3O5/c1-12(24-19(26)16-5-3-4-6-17(16)20(24)27)21(28)29-13(2)18(25)23-15-9-7-14(11-22)8-10-15/h7-10,12-13,16-17H,3-6H2,1-2H3,(H,23,25)/t12-,13-,16+,17+/m0/s1. The van der Waals surface area contributed by atoms with E-state index < -0.39 is 24.0 Å². The highest BCUT2D eigenvalue weighted by molar-refractivity contribution is 6.08. The Morgan fingerprint density at radius 3 is 2.17 bits per heavy atom. The molecule has 0 unspecified atom stereocenters. The Hall–Kier alpha value is -3.21. The summed E-state index contributed by atoms with van der Waals surface area (Å²) in [5.74, 6) is -2.68. The van der Waals surface area contributed by atoms with E-state index in [1.807, 2.05) is 6.07 Å². The molecule has 2 aliphatic rings. The van der Waals surface area contributed by atoms with E-state index in [1.54, 1.807) is 24.3 Å². The lowest BCUT2D eigenvalue weighted by Gasteiger charge is -2.23. The number of amides is 3. The predicted molar refractivity (Wildman–Crippen MR) is 102 cm³/mol. The number of benzene rings is 1. The number of imide groups is 1. The van der Waals surface area contributed by atoms with Gasteiger partial charge in [0, 0.05) is 5.69 Å². The van der Waals surface area contributed by atoms with Crippen molar-refractivity contribution in [1.82, 2.24) is 4.90 Å². The van der Waals surface area contributed by atoms with Gasteiger partial charge in [0.1, 0.15) is 6.04 Å². The van der Waals surface area contributed by atoms with Crippen LogP contribution >= 0.6 is 0 Å². The van der Waals surface area contributed by atoms with Gasteiger partial charge in [-0.2, -0.15) is 5.26 Å². The molecule has 1 saturated heterocycles. The van der Waals surface area contributed by atoms with Crippen LogP contribution in [0.5, 0.6) is 0 Å². The number of nitrogens with zero attached hydrogens (tertiary/aromatic N) is 2. The number of likely N-dealkylation sites (tertiary alicyclic amines) is 1. The van der Waals surface area contributed by atoms with Gasteiger partial charge in [-0.25, -0.2) is 4.79 Å². The Balaban J connectivity index is 1.59. The summed E-state index contributed by atoms with van der Waals surface area (Å²) in [5, 5.41) is 11.4. The van der Waals surface area contributed by atoms with E-state index >= 15 is 0 Å². The third-order valence-electron chi connectivity index (χ3n) is 5.55. The molecule has 0 aromatic heterocycles. The van der Waals surface area contributed by atoms with Crippen LogP contribution in [0.3, 0.4) is 0 Å². The van der Waals surface area contributed by atoms with Gasteiger partial charge in [0.25, 0.3) is 5.91 Å². The first-order chi connectivity index (χ1) is 13.8. The molecule has 1 heterocycles. The van der Waals surface area contributed by atoms with Crippen molar-refractivity contribution in [2.75, 3.05) is 5.32 Å². The molecule has 0 spiro atoms. The summed E-state index contributed by atoms with van der Waals surface area (Å²) >= 11 is 0. The fourth-order valence-corrected chi connectivity index (χ4v) is 3.87. The van der Waals surface area contributed by atoms with Gasteiger partial charge in [0.15, 0.2) is 6.10 Å². The van der Waals surface area contributed by atoms with Gasteiger partial charge in [0.2, 0.25) is 11.8 Å². The third kappa shape index (κ3) is 4.14. The van der Waals surface area contributed by atoms with Crippen LogP contribution in [-0.2, 0) is 23.9 Å². The summed E-state index contributed by atoms with van der Waals surface area (Å²) in [4.78, 5) is 51.0. The molecule has 3 amide bonds. The number of anilines is 1. The van der Waals surface area contributed by atoms with E-state index in [-0.39, 0.29) is 23.7 Å². The zero-order chi connectivity index (χ0) is 21.1. The SMILES string of the molecule is C[C@H](OC(=O)[C@H](C)N1C(=O)[C@@H]2CCCC[C@H]2C1=O)C(=O)Nc1ccc(C#N)cc1. The maximum Gasteiger partial charge on any atom is 0.329 e. The Kier molecular flexibility index (Phi) is 5.97. The van der Waals surface area contributed by atoms with Crippen molar-refractivity contribution in [2.24, 2.45) is 11.8 Å². The average Bonchev–Trinajstić information content (AvgIpc) is 2.98. The summed E-state index contributed by atoms with van der Waals surface area (Å²) in [6.45, 7) is 2.86. The monoisotopic (exact) mass is 397 g/mol. The number of hydrogen-bond donors (Lipinski definition) is 1. The van der Waals surface area contributed by atoms with Crippen molar-refractivity contribution in [3.63, 3.8) is 0 Å². The van der Waals surface area contributed by atoms with Crippen molar-refractivity contribution >= 4 is 29.4 Å². The maximum atomic E-state index is 12.6. The van der Waals surface area contributed by atoms with Gasteiger partial charge < -0.3 is 10.1 Å². The fraction of sp³-hybridized carbons (Fsp3) is 0.476. The summed E-state index contributed by atoms with van der Waals surface area (Å²) < 4.78 is 5.20. The fourth-order valence-electron chi connectivity index (χ4n) is 3.87. The maximum absolute atomic E-state index is 12.6. The average molecular weight is 397 g/mol. The van der Waals surface area contributed by atoms with Crippen LogP contribution < -0.4 is 5.32 Å². The van der Waals surface area contributed by atoms with Gasteiger partial charge in [-0.15, -0.1) is 0 Å². The van der Waals surface area contributed by atoms with Crippen LogP contribution in [0.2, 0.25) is 0 Å². The molecular formula is C21H23N3O5. The number of nitrogens with one attached hydrogen (secondary N) is 1. The molecule has 152 valence electrons. The lowest BCUT2D eigenvalue weighted by molar-refractivity contribution is -0.163. The number of fused-ring (bicyclic) bond motifs is 1. The first-order valence-corrected chi connectivity index (χ1v) is 9.72. The van der Waals surface area contributed by atoms with Crippen LogP contribution in [0.4, 0.5) is 5.69 Å². The summed E-state index contributed by atoms with van der Waals surface area (Å²) in [6, 6.07) is 7.14. The first kappa shape index (κ1) is 20.5. The van der Waals surface area contributed by atoms with Gasteiger partial charge in [0.05, 0.1) is 23.5 Å². The van der Waals surface area contributed by atoms with E-state index in [0.29, 0.717) is 24.1 Å². The molecule has 2 fully saturated rings. The minimum Gasteiger partial charge on any atom is -0.451 e. The number of carbonyl (C=O) groups is 4. The van der Waals surface area contributed by atoms with Crippen molar-refractivity contribution in [3.05, 3.63) is 29.8 Å². The largest absolute Gasteiger partial charge is 0.451 e. The molecule has 1 saturated carbocycles. The van der Waals surface area contributed by atoms with Crippen molar-refractivity contribution < 1.29 is 23.9 Å². The normalized spacial score (nSPS) is 23.0. The molecule has 8 nitrogen and oxygen atoms in total. The molecule has 8 heteroatoms. The van der Waals surface area contributed by atoms with E-state index in [1.165, 1.54) is 13.8 Å². The molecule has 3 rings (SSSR count). The smallest absolute Gasteiger partial charge is 0.329 e. The quantitative estimate of drug-likeness (QED) is 0.600. The molecular weight excluding hydrogens is 374 g/mol. The third-order valence-corrected chi connectivity index (χ3v) is 5.55. The molecule has 0 bridgehead atoms. The van der Waals surface area contributed by atoms with Gasteiger partial charge in [-0.05, 0) is 51.0 Å². The first-order valence-electron chi connectivity index (χ1n) is 9.72. The Labute approximate surface area is 168 Å². The topological polar surface area (TPSA) is 117 Å². The van der Waals surface area contributed by atoms with Gasteiger partial charge >= 0.3 is 5.97 Å². The highest BCUT2D eigenvalue weighted by Gasteiger charge is 2.51. The van der Waals surface area contributed by atoms with E-state index in [2.05, 4.69) is 5.32 Å². The molecule has 0 radical (unpaired) electrons. The summed E-state index contributed by atoms with van der Waals surface area (Å²) in [7, 11) is 0. The molecule has 1 aromatic rings. The summed E-state index contributed by atoms with van der Waals surface area (Å²) in [6.07, 6.45) is 2.02. The highest BCUT2D eigenvalue weighted by Crippen LogP contribution is 2.38. The van der Waals surface area contributed by atoms with Crippen molar-refractivity contribution in [2.45, 2.75) is 51.7 Å². The predicted octanol–water partition coefficient (Wildman–Crippen LogP) is 1.99. The van der Waals surface area contributed by atoms with Crippen molar-refractivity contribution in [3.8, 4) is 6.07 Å². The Bertz CT molecular complexity index is 849. The number of carbonyl (C=O) groups excluding carboxylic acids is 4. The number of nitriles is 1. The highest BCUT2D eigenvalue weighted by atomic mass is 16.5. The lowest BCUT2D eigenvalue weighted by atomic mass is 9.81. The van der Waals surface area contributed by atoms with Crippen LogP contribution in [-0.4, -0.2) is 40.7 Å².